The van der Waals surface area contributed by atoms with Gasteiger partial charge in [-0.05, 0) is 37.0 Å². The second-order valence-electron chi connectivity index (χ2n) is 6.43. The zero-order valence-corrected chi connectivity index (χ0v) is 14.3. The highest BCUT2D eigenvalue weighted by Crippen LogP contribution is 2.42. The molecule has 0 heterocycles. The van der Waals surface area contributed by atoms with E-state index in [4.69, 9.17) is 4.74 Å². The van der Waals surface area contributed by atoms with Gasteiger partial charge in [0.1, 0.15) is 5.82 Å². The molecule has 0 unspecified atom stereocenters. The van der Waals surface area contributed by atoms with Gasteiger partial charge in [-0.3, -0.25) is 9.59 Å². The zero-order valence-electron chi connectivity index (χ0n) is 14.3. The Balaban J connectivity index is 1.94. The lowest BCUT2D eigenvalue weighted by Crippen LogP contribution is -2.38. The summed E-state index contributed by atoms with van der Waals surface area (Å²) in [4.78, 5) is 24.4. The van der Waals surface area contributed by atoms with Crippen LogP contribution in [0.1, 0.15) is 57.4 Å². The standard InChI is InChI=1S/C19H26FNO3/c1-2-3-6-12-21-17(22)14-24-18(23)19(10-4-5-11-19)15-8-7-9-16(20)13-15/h7-9,13H,2-6,10-12,14H2,1H3,(H,21,22). The summed E-state index contributed by atoms with van der Waals surface area (Å²) in [5.41, 5.74) is -0.168. The first-order chi connectivity index (χ1) is 11.6. The molecule has 1 N–H and O–H groups in total. The van der Waals surface area contributed by atoms with Gasteiger partial charge in [-0.25, -0.2) is 4.39 Å². The molecule has 0 spiro atoms. The van der Waals surface area contributed by atoms with E-state index in [-0.39, 0.29) is 18.3 Å². The first-order valence-corrected chi connectivity index (χ1v) is 8.78. The van der Waals surface area contributed by atoms with Crippen molar-refractivity contribution in [3.63, 3.8) is 0 Å². The Morgan fingerprint density at radius 3 is 2.67 bits per heavy atom. The molecule has 1 saturated carbocycles. The average molecular weight is 335 g/mol. The predicted octanol–water partition coefficient (Wildman–Crippen LogP) is 3.49. The molecule has 0 bridgehead atoms. The summed E-state index contributed by atoms with van der Waals surface area (Å²) < 4.78 is 18.8. The van der Waals surface area contributed by atoms with E-state index in [1.54, 1.807) is 12.1 Å². The summed E-state index contributed by atoms with van der Waals surface area (Å²) in [7, 11) is 0. The summed E-state index contributed by atoms with van der Waals surface area (Å²) in [6, 6.07) is 6.14. The number of rotatable bonds is 8. The molecule has 132 valence electrons. The number of ether oxygens (including phenoxy) is 1. The van der Waals surface area contributed by atoms with E-state index in [2.05, 4.69) is 12.2 Å². The molecule has 24 heavy (non-hydrogen) atoms. The van der Waals surface area contributed by atoms with E-state index in [0.29, 0.717) is 24.9 Å². The summed E-state index contributed by atoms with van der Waals surface area (Å²) in [5, 5.41) is 2.75. The highest BCUT2D eigenvalue weighted by Gasteiger charge is 2.44. The lowest BCUT2D eigenvalue weighted by atomic mass is 9.79. The van der Waals surface area contributed by atoms with Crippen molar-refractivity contribution in [2.45, 2.75) is 57.3 Å². The fourth-order valence-electron chi connectivity index (χ4n) is 3.30. The second kappa shape index (κ2) is 8.81. The van der Waals surface area contributed by atoms with E-state index in [1.165, 1.54) is 12.1 Å². The first-order valence-electron chi connectivity index (χ1n) is 8.78. The molecule has 0 saturated heterocycles. The Bertz CT molecular complexity index is 567. The minimum absolute atomic E-state index is 0.276. The largest absolute Gasteiger partial charge is 0.455 e. The molecule has 1 amide bonds. The Hall–Kier alpha value is -1.91. The van der Waals surface area contributed by atoms with Crippen molar-refractivity contribution < 1.29 is 18.7 Å². The van der Waals surface area contributed by atoms with E-state index >= 15 is 0 Å². The molecule has 0 aromatic heterocycles. The van der Waals surface area contributed by atoms with Crippen LogP contribution < -0.4 is 5.32 Å². The summed E-state index contributed by atoms with van der Waals surface area (Å²) >= 11 is 0. The Morgan fingerprint density at radius 1 is 1.25 bits per heavy atom. The number of unbranched alkanes of at least 4 members (excludes halogenated alkanes) is 2. The minimum Gasteiger partial charge on any atom is -0.455 e. The third-order valence-corrected chi connectivity index (χ3v) is 4.66. The molecule has 0 radical (unpaired) electrons. The van der Waals surface area contributed by atoms with Gasteiger partial charge in [-0.2, -0.15) is 0 Å². The quantitative estimate of drug-likeness (QED) is 0.584. The number of amides is 1. The number of carbonyl (C=O) groups is 2. The maximum Gasteiger partial charge on any atom is 0.317 e. The number of carbonyl (C=O) groups excluding carboxylic acids is 2. The van der Waals surface area contributed by atoms with Crippen LogP contribution in [0.3, 0.4) is 0 Å². The van der Waals surface area contributed by atoms with Crippen LogP contribution in [-0.2, 0) is 19.7 Å². The Kier molecular flexibility index (Phi) is 6.76. The number of hydrogen-bond acceptors (Lipinski definition) is 3. The van der Waals surface area contributed by atoms with Gasteiger partial charge in [0, 0.05) is 6.54 Å². The van der Waals surface area contributed by atoms with Crippen LogP contribution in [0.2, 0.25) is 0 Å². The van der Waals surface area contributed by atoms with Gasteiger partial charge in [-0.1, -0.05) is 44.7 Å². The molecule has 5 heteroatoms. The first kappa shape index (κ1) is 18.4. The van der Waals surface area contributed by atoms with Crippen molar-refractivity contribution in [2.24, 2.45) is 0 Å². The SMILES string of the molecule is CCCCCNC(=O)COC(=O)C1(c2cccc(F)c2)CCCC1. The van der Waals surface area contributed by atoms with E-state index < -0.39 is 11.4 Å². The summed E-state index contributed by atoms with van der Waals surface area (Å²) in [6.45, 7) is 2.42. The smallest absolute Gasteiger partial charge is 0.317 e. The molecule has 0 aliphatic heterocycles. The fourth-order valence-corrected chi connectivity index (χ4v) is 3.30. The third-order valence-electron chi connectivity index (χ3n) is 4.66. The predicted molar refractivity (Wildman–Crippen MR) is 90.0 cm³/mol. The molecule has 1 aliphatic rings. The molecular weight excluding hydrogens is 309 g/mol. The third kappa shape index (κ3) is 4.56. The van der Waals surface area contributed by atoms with Crippen LogP contribution in [0.4, 0.5) is 4.39 Å². The number of halogens is 1. The van der Waals surface area contributed by atoms with Crippen LogP contribution in [0.15, 0.2) is 24.3 Å². The molecule has 0 atom stereocenters. The minimum atomic E-state index is -0.815. The number of hydrogen-bond donors (Lipinski definition) is 1. The van der Waals surface area contributed by atoms with Crippen molar-refractivity contribution in [1.82, 2.24) is 5.32 Å². The molecule has 2 rings (SSSR count). The van der Waals surface area contributed by atoms with Crippen molar-refractivity contribution in [2.75, 3.05) is 13.2 Å². The second-order valence-corrected chi connectivity index (χ2v) is 6.43. The van der Waals surface area contributed by atoms with Crippen molar-refractivity contribution in [3.05, 3.63) is 35.6 Å². The monoisotopic (exact) mass is 335 g/mol. The lowest BCUT2D eigenvalue weighted by Gasteiger charge is -2.27. The fraction of sp³-hybridized carbons (Fsp3) is 0.579. The van der Waals surface area contributed by atoms with Gasteiger partial charge in [0.2, 0.25) is 0 Å². The topological polar surface area (TPSA) is 55.4 Å². The van der Waals surface area contributed by atoms with Crippen LogP contribution >= 0.6 is 0 Å². The lowest BCUT2D eigenvalue weighted by molar-refractivity contribution is -0.154. The van der Waals surface area contributed by atoms with Crippen LogP contribution in [-0.4, -0.2) is 25.0 Å². The van der Waals surface area contributed by atoms with Gasteiger partial charge in [0.05, 0.1) is 5.41 Å². The van der Waals surface area contributed by atoms with E-state index in [0.717, 1.165) is 32.1 Å². The maximum absolute atomic E-state index is 13.6. The number of esters is 1. The van der Waals surface area contributed by atoms with Gasteiger partial charge < -0.3 is 10.1 Å². The molecule has 1 aliphatic carbocycles. The molecule has 1 aromatic carbocycles. The van der Waals surface area contributed by atoms with Crippen LogP contribution in [0, 0.1) is 5.82 Å². The highest BCUT2D eigenvalue weighted by atomic mass is 19.1. The van der Waals surface area contributed by atoms with Crippen LogP contribution in [0.5, 0.6) is 0 Å². The van der Waals surface area contributed by atoms with E-state index in [9.17, 15) is 14.0 Å². The van der Waals surface area contributed by atoms with Crippen molar-refractivity contribution in [1.29, 1.82) is 0 Å². The highest BCUT2D eigenvalue weighted by molar-refractivity contribution is 5.86. The zero-order chi connectivity index (χ0) is 17.4. The molecular formula is C19H26FNO3. The normalized spacial score (nSPS) is 15.9. The molecule has 4 nitrogen and oxygen atoms in total. The molecule has 1 aromatic rings. The number of benzene rings is 1. The summed E-state index contributed by atoms with van der Waals surface area (Å²) in [6.07, 6.45) is 6.12. The van der Waals surface area contributed by atoms with Gasteiger partial charge in [0.25, 0.3) is 5.91 Å². The Labute approximate surface area is 142 Å². The average Bonchev–Trinajstić information content (AvgIpc) is 3.08. The van der Waals surface area contributed by atoms with Crippen molar-refractivity contribution >= 4 is 11.9 Å². The molecule has 1 fully saturated rings. The van der Waals surface area contributed by atoms with Gasteiger partial charge in [0.15, 0.2) is 6.61 Å². The maximum atomic E-state index is 13.6. The number of nitrogens with one attached hydrogen (secondary N) is 1. The Morgan fingerprint density at radius 2 is 2.00 bits per heavy atom. The van der Waals surface area contributed by atoms with Gasteiger partial charge >= 0.3 is 5.97 Å². The summed E-state index contributed by atoms with van der Waals surface area (Å²) in [5.74, 6) is -1.07. The van der Waals surface area contributed by atoms with Gasteiger partial charge in [-0.15, -0.1) is 0 Å². The van der Waals surface area contributed by atoms with Crippen LogP contribution in [0.25, 0.3) is 0 Å². The van der Waals surface area contributed by atoms with Crippen molar-refractivity contribution in [3.8, 4) is 0 Å². The van der Waals surface area contributed by atoms with E-state index in [1.807, 2.05) is 0 Å².